The average molecular weight is 397 g/mol. The number of quaternary nitrogens is 1. The average Bonchev–Trinajstić information content (AvgIpc) is 3.36. The molecule has 0 radical (unpaired) electrons. The van der Waals surface area contributed by atoms with Gasteiger partial charge in [0, 0.05) is 0 Å². The van der Waals surface area contributed by atoms with Gasteiger partial charge in [0.1, 0.15) is 13.1 Å². The molecule has 1 saturated heterocycles. The van der Waals surface area contributed by atoms with Crippen LogP contribution in [-0.4, -0.2) is 61.1 Å². The lowest BCUT2D eigenvalue weighted by Crippen LogP contribution is -3.14. The maximum Gasteiger partial charge on any atom is 0.290 e. The molecular formula is C22H25N2O5+. The van der Waals surface area contributed by atoms with Crippen LogP contribution >= 0.6 is 0 Å². The first-order chi connectivity index (χ1) is 14.1. The van der Waals surface area contributed by atoms with E-state index < -0.39 is 23.5 Å². The second-order valence-corrected chi connectivity index (χ2v) is 7.49. The van der Waals surface area contributed by atoms with Crippen molar-refractivity contribution < 1.29 is 28.7 Å². The number of nitrogens with zero attached hydrogens (tertiary/aromatic N) is 1. The molecule has 1 aromatic carbocycles. The molecular weight excluding hydrogens is 372 g/mol. The van der Waals surface area contributed by atoms with E-state index in [2.05, 4.69) is 0 Å². The van der Waals surface area contributed by atoms with E-state index in [0.29, 0.717) is 19.8 Å². The number of hydrogen-bond acceptors (Lipinski definition) is 5. The molecule has 2 aromatic rings. The molecule has 1 amide bonds. The number of hydrogen-bond donors (Lipinski definition) is 2. The second-order valence-electron chi connectivity index (χ2n) is 7.49. The molecule has 29 heavy (non-hydrogen) atoms. The van der Waals surface area contributed by atoms with E-state index in [-0.39, 0.29) is 11.3 Å². The Morgan fingerprint density at radius 3 is 2.59 bits per heavy atom. The summed E-state index contributed by atoms with van der Waals surface area (Å²) >= 11 is 0. The zero-order valence-electron chi connectivity index (χ0n) is 16.4. The van der Waals surface area contributed by atoms with Gasteiger partial charge < -0.3 is 24.1 Å². The third-order valence-electron chi connectivity index (χ3n) is 5.59. The van der Waals surface area contributed by atoms with Gasteiger partial charge in [-0.1, -0.05) is 29.8 Å². The zero-order chi connectivity index (χ0) is 20.4. The highest BCUT2D eigenvalue weighted by atomic mass is 16.5. The highest BCUT2D eigenvalue weighted by molar-refractivity contribution is 6.15. The van der Waals surface area contributed by atoms with E-state index in [0.717, 1.165) is 30.8 Å². The molecule has 0 aliphatic carbocycles. The number of amides is 1. The molecule has 0 spiro atoms. The Morgan fingerprint density at radius 1 is 1.21 bits per heavy atom. The van der Waals surface area contributed by atoms with Crippen LogP contribution in [0.15, 0.2) is 58.4 Å². The molecule has 7 heteroatoms. The molecule has 7 nitrogen and oxygen atoms in total. The van der Waals surface area contributed by atoms with Gasteiger partial charge in [0.05, 0.1) is 44.2 Å². The van der Waals surface area contributed by atoms with Crippen LogP contribution < -0.4 is 4.90 Å². The summed E-state index contributed by atoms with van der Waals surface area (Å²) < 4.78 is 10.6. The first-order valence-electron chi connectivity index (χ1n) is 9.86. The van der Waals surface area contributed by atoms with Crippen LogP contribution in [0.3, 0.4) is 0 Å². The quantitative estimate of drug-likeness (QED) is 0.713. The predicted octanol–water partition coefficient (Wildman–Crippen LogP) is 1.08. The molecule has 1 aromatic heterocycles. The Balaban J connectivity index is 1.66. The standard InChI is InChI=1S/C22H24N2O5/c1-15-4-6-16(7-5-15)19-18(20(25)17-3-2-12-29-17)21(26)22(27)24(19)9-8-23-10-13-28-14-11-23/h2-7,12,19,26H,8-11,13-14H2,1H3/p+1/t19-/m0/s1. The highest BCUT2D eigenvalue weighted by Gasteiger charge is 2.44. The third kappa shape index (κ3) is 3.83. The van der Waals surface area contributed by atoms with E-state index in [1.165, 1.54) is 11.2 Å². The van der Waals surface area contributed by atoms with Crippen molar-refractivity contribution in [3.8, 4) is 0 Å². The molecule has 1 atom stereocenters. The van der Waals surface area contributed by atoms with Crippen molar-refractivity contribution >= 4 is 11.7 Å². The normalized spacial score (nSPS) is 20.5. The molecule has 2 aliphatic rings. The number of aryl methyl sites for hydroxylation is 1. The molecule has 2 aliphatic heterocycles. The molecule has 2 N–H and O–H groups in total. The van der Waals surface area contributed by atoms with Crippen LogP contribution in [0, 0.1) is 6.92 Å². The maximum atomic E-state index is 13.1. The summed E-state index contributed by atoms with van der Waals surface area (Å²) in [6, 6.07) is 10.2. The second kappa shape index (κ2) is 8.23. The molecule has 4 rings (SSSR count). The Morgan fingerprint density at radius 2 is 1.93 bits per heavy atom. The number of Topliss-reactive ketones (excluding diaryl/α,β-unsaturated/α-hetero) is 1. The summed E-state index contributed by atoms with van der Waals surface area (Å²) in [6.45, 7) is 6.32. The summed E-state index contributed by atoms with van der Waals surface area (Å²) in [5.74, 6) is -1.36. The van der Waals surface area contributed by atoms with Gasteiger partial charge in [-0.05, 0) is 24.6 Å². The van der Waals surface area contributed by atoms with Gasteiger partial charge in [-0.25, -0.2) is 0 Å². The minimum atomic E-state index is -0.638. The SMILES string of the molecule is Cc1ccc([C@H]2C(C(=O)c3ccco3)=C(O)C(=O)N2CC[NH+]2CCOCC2)cc1. The number of nitrogens with one attached hydrogen (secondary N) is 1. The number of benzene rings is 1. The number of ketones is 1. The summed E-state index contributed by atoms with van der Waals surface area (Å²) in [6.07, 6.45) is 1.40. The fourth-order valence-electron chi connectivity index (χ4n) is 3.94. The summed E-state index contributed by atoms with van der Waals surface area (Å²) in [7, 11) is 0. The first-order valence-corrected chi connectivity index (χ1v) is 9.86. The van der Waals surface area contributed by atoms with Gasteiger partial charge in [-0.15, -0.1) is 0 Å². The lowest BCUT2D eigenvalue weighted by atomic mass is 9.94. The molecule has 0 unspecified atom stereocenters. The Hall–Kier alpha value is -2.90. The van der Waals surface area contributed by atoms with Crippen LogP contribution in [0.1, 0.15) is 27.7 Å². The number of carbonyl (C=O) groups is 2. The van der Waals surface area contributed by atoms with Crippen LogP contribution in [-0.2, 0) is 9.53 Å². The Bertz CT molecular complexity index is 911. The predicted molar refractivity (Wildman–Crippen MR) is 105 cm³/mol. The number of morpholine rings is 1. The van der Waals surface area contributed by atoms with Gasteiger partial charge in [0.25, 0.3) is 5.91 Å². The fraction of sp³-hybridized carbons (Fsp3) is 0.364. The van der Waals surface area contributed by atoms with Crippen molar-refractivity contribution in [3.05, 3.63) is 70.9 Å². The number of aliphatic hydroxyl groups is 1. The van der Waals surface area contributed by atoms with E-state index in [1.807, 2.05) is 31.2 Å². The van der Waals surface area contributed by atoms with Crippen molar-refractivity contribution in [3.63, 3.8) is 0 Å². The van der Waals surface area contributed by atoms with Crippen molar-refractivity contribution in [2.24, 2.45) is 0 Å². The number of aliphatic hydroxyl groups excluding tert-OH is 1. The number of furan rings is 1. The molecule has 3 heterocycles. The molecule has 1 fully saturated rings. The van der Waals surface area contributed by atoms with Crippen molar-refractivity contribution in [1.82, 2.24) is 4.90 Å². The Kier molecular flexibility index (Phi) is 5.51. The zero-order valence-corrected chi connectivity index (χ0v) is 16.4. The summed E-state index contributed by atoms with van der Waals surface area (Å²) in [4.78, 5) is 28.9. The van der Waals surface area contributed by atoms with Crippen LogP contribution in [0.5, 0.6) is 0 Å². The van der Waals surface area contributed by atoms with Crippen LogP contribution in [0.4, 0.5) is 0 Å². The lowest BCUT2D eigenvalue weighted by Gasteiger charge is -2.30. The summed E-state index contributed by atoms with van der Waals surface area (Å²) in [5.41, 5.74) is 1.94. The van der Waals surface area contributed by atoms with Crippen LogP contribution in [0.25, 0.3) is 0 Å². The van der Waals surface area contributed by atoms with Crippen molar-refractivity contribution in [2.45, 2.75) is 13.0 Å². The minimum Gasteiger partial charge on any atom is -0.503 e. The summed E-state index contributed by atoms with van der Waals surface area (Å²) in [5, 5.41) is 10.6. The fourth-order valence-corrected chi connectivity index (χ4v) is 3.94. The first kappa shape index (κ1) is 19.4. The Labute approximate surface area is 169 Å². The topological polar surface area (TPSA) is 84.4 Å². The smallest absolute Gasteiger partial charge is 0.290 e. The number of ether oxygens (including phenoxy) is 1. The van der Waals surface area contributed by atoms with Gasteiger partial charge in [-0.3, -0.25) is 9.59 Å². The van der Waals surface area contributed by atoms with E-state index in [1.54, 1.807) is 17.0 Å². The van der Waals surface area contributed by atoms with Crippen molar-refractivity contribution in [2.75, 3.05) is 39.4 Å². The van der Waals surface area contributed by atoms with Gasteiger partial charge in [-0.2, -0.15) is 0 Å². The van der Waals surface area contributed by atoms with Gasteiger partial charge >= 0.3 is 0 Å². The highest BCUT2D eigenvalue weighted by Crippen LogP contribution is 2.38. The molecule has 0 saturated carbocycles. The maximum absolute atomic E-state index is 13.1. The van der Waals surface area contributed by atoms with Gasteiger partial charge in [0.15, 0.2) is 11.5 Å². The lowest BCUT2D eigenvalue weighted by molar-refractivity contribution is -0.907. The minimum absolute atomic E-state index is 0.0748. The number of rotatable bonds is 6. The van der Waals surface area contributed by atoms with Crippen LogP contribution in [0.2, 0.25) is 0 Å². The van der Waals surface area contributed by atoms with E-state index in [4.69, 9.17) is 9.15 Å². The largest absolute Gasteiger partial charge is 0.503 e. The number of carbonyl (C=O) groups excluding carboxylic acids is 2. The molecule has 152 valence electrons. The van der Waals surface area contributed by atoms with Gasteiger partial charge in [0.2, 0.25) is 5.78 Å². The van der Waals surface area contributed by atoms with E-state index >= 15 is 0 Å². The monoisotopic (exact) mass is 397 g/mol. The third-order valence-corrected chi connectivity index (χ3v) is 5.59. The van der Waals surface area contributed by atoms with E-state index in [9.17, 15) is 14.7 Å². The molecule has 0 bridgehead atoms. The van der Waals surface area contributed by atoms with Crippen molar-refractivity contribution in [1.29, 1.82) is 0 Å².